The summed E-state index contributed by atoms with van der Waals surface area (Å²) in [5, 5.41) is 20.0. The summed E-state index contributed by atoms with van der Waals surface area (Å²) >= 11 is 0. The van der Waals surface area contributed by atoms with E-state index < -0.39 is 17.7 Å². The van der Waals surface area contributed by atoms with Crippen LogP contribution in [0.5, 0.6) is 5.75 Å². The fraction of sp³-hybridized carbons (Fsp3) is 0.458. The minimum atomic E-state index is -1.31. The highest BCUT2D eigenvalue weighted by molar-refractivity contribution is 5.77. The third-order valence-electron chi connectivity index (χ3n) is 5.56. The molecule has 158 valence electrons. The Hall–Kier alpha value is -2.40. The van der Waals surface area contributed by atoms with Crippen molar-refractivity contribution in [3.05, 3.63) is 64.5 Å². The van der Waals surface area contributed by atoms with Crippen LogP contribution >= 0.6 is 0 Å². The second-order valence-electron chi connectivity index (χ2n) is 8.51. The molecule has 0 radical (unpaired) electrons. The highest BCUT2D eigenvalue weighted by Gasteiger charge is 2.31. The summed E-state index contributed by atoms with van der Waals surface area (Å²) in [6, 6.07) is 9.98. The fourth-order valence-electron chi connectivity index (χ4n) is 3.45. The van der Waals surface area contributed by atoms with E-state index in [1.807, 2.05) is 32.9 Å². The van der Waals surface area contributed by atoms with Gasteiger partial charge in [0.1, 0.15) is 11.6 Å². The van der Waals surface area contributed by atoms with Crippen LogP contribution in [0.1, 0.15) is 56.1 Å². The number of hydrogen-bond acceptors (Lipinski definition) is 3. The number of halogens is 1. The minimum absolute atomic E-state index is 0.0251. The molecule has 0 aliphatic rings. The van der Waals surface area contributed by atoms with Crippen LogP contribution < -0.4 is 4.74 Å². The molecule has 2 aromatic rings. The topological polar surface area (TPSA) is 66.8 Å². The van der Waals surface area contributed by atoms with Gasteiger partial charge in [-0.15, -0.1) is 0 Å². The molecule has 2 N–H and O–H groups in total. The lowest BCUT2D eigenvalue weighted by Crippen LogP contribution is -2.38. The Labute approximate surface area is 172 Å². The van der Waals surface area contributed by atoms with Gasteiger partial charge in [0.15, 0.2) is 5.60 Å². The molecule has 29 heavy (non-hydrogen) atoms. The largest absolute Gasteiger partial charge is 0.478 e. The zero-order chi connectivity index (χ0) is 21.9. The van der Waals surface area contributed by atoms with Crippen LogP contribution in [0.15, 0.2) is 36.4 Å². The molecule has 0 heterocycles. The van der Waals surface area contributed by atoms with Crippen molar-refractivity contribution in [2.45, 2.75) is 59.7 Å². The predicted octanol–water partition coefficient (Wildman–Crippen LogP) is 5.23. The average molecular weight is 403 g/mol. The van der Waals surface area contributed by atoms with Gasteiger partial charge in [-0.2, -0.15) is 0 Å². The van der Waals surface area contributed by atoms with Crippen LogP contribution in [-0.4, -0.2) is 21.8 Å². The number of aliphatic hydroxyl groups is 1. The highest BCUT2D eigenvalue weighted by atomic mass is 19.1. The molecule has 0 fully saturated rings. The predicted molar refractivity (Wildman–Crippen MR) is 112 cm³/mol. The Morgan fingerprint density at radius 2 is 1.62 bits per heavy atom. The van der Waals surface area contributed by atoms with Gasteiger partial charge in [-0.3, -0.25) is 0 Å². The molecule has 0 saturated heterocycles. The quantitative estimate of drug-likeness (QED) is 0.634. The Bertz CT molecular complexity index is 835. The maximum Gasteiger partial charge on any atom is 0.347 e. The lowest BCUT2D eigenvalue weighted by atomic mass is 9.83. The molecule has 0 saturated carbocycles. The van der Waals surface area contributed by atoms with Crippen molar-refractivity contribution in [1.82, 2.24) is 0 Å². The molecule has 0 spiro atoms. The first kappa shape index (κ1) is 22.9. The number of benzene rings is 2. The molecule has 4 nitrogen and oxygen atoms in total. The fourth-order valence-corrected chi connectivity index (χ4v) is 3.45. The molecule has 0 bridgehead atoms. The first-order valence-electron chi connectivity index (χ1n) is 9.88. The molecule has 2 rings (SSSR count). The zero-order valence-electron chi connectivity index (χ0n) is 18.0. The van der Waals surface area contributed by atoms with Crippen LogP contribution in [0, 0.1) is 31.5 Å². The summed E-state index contributed by atoms with van der Waals surface area (Å²) in [6.45, 7) is 11.0. The normalized spacial score (nSPS) is 14.9. The molecule has 1 unspecified atom stereocenters. The summed E-state index contributed by atoms with van der Waals surface area (Å²) < 4.78 is 18.9. The number of ether oxygens (including phenoxy) is 1. The monoisotopic (exact) mass is 402 g/mol. The first-order chi connectivity index (χ1) is 13.4. The van der Waals surface area contributed by atoms with Crippen LogP contribution in [0.2, 0.25) is 0 Å². The number of carboxylic acid groups (broad SMARTS) is 1. The van der Waals surface area contributed by atoms with E-state index >= 15 is 0 Å². The lowest BCUT2D eigenvalue weighted by Gasteiger charge is -2.27. The van der Waals surface area contributed by atoms with Gasteiger partial charge in [0.25, 0.3) is 0 Å². The molecule has 0 aliphatic heterocycles. The summed E-state index contributed by atoms with van der Waals surface area (Å²) in [4.78, 5) is 11.4. The standard InChI is InChI=1S/C24H31FO4/c1-14(17(4)21(26)19-7-9-20(25)10-8-19)11-18-12-15(2)22(16(3)13-18)29-24(5,6)23(27)28/h7-10,12-14,17,21,26H,11H2,1-6H3,(H,27,28)/t14-,17+,21?/m1/s1. The van der Waals surface area contributed by atoms with Crippen molar-refractivity contribution < 1.29 is 24.1 Å². The van der Waals surface area contributed by atoms with E-state index in [0.29, 0.717) is 11.3 Å². The van der Waals surface area contributed by atoms with E-state index in [1.165, 1.54) is 26.0 Å². The van der Waals surface area contributed by atoms with Gasteiger partial charge >= 0.3 is 5.97 Å². The third kappa shape index (κ3) is 5.57. The number of aryl methyl sites for hydroxylation is 2. The second kappa shape index (κ2) is 8.95. The van der Waals surface area contributed by atoms with Crippen molar-refractivity contribution in [3.8, 4) is 5.75 Å². The molecule has 0 amide bonds. The summed E-state index contributed by atoms with van der Waals surface area (Å²) in [6.07, 6.45) is 0.0794. The van der Waals surface area contributed by atoms with Crippen LogP contribution in [0.4, 0.5) is 4.39 Å². The Kier molecular flexibility index (Phi) is 7.06. The lowest BCUT2D eigenvalue weighted by molar-refractivity contribution is -0.152. The first-order valence-corrected chi connectivity index (χ1v) is 9.88. The van der Waals surface area contributed by atoms with Crippen LogP contribution in [0.3, 0.4) is 0 Å². The number of carboxylic acids is 1. The maximum absolute atomic E-state index is 13.1. The van der Waals surface area contributed by atoms with E-state index in [1.54, 1.807) is 12.1 Å². The van der Waals surface area contributed by atoms with Crippen molar-refractivity contribution in [2.75, 3.05) is 0 Å². The van der Waals surface area contributed by atoms with E-state index in [-0.39, 0.29) is 17.7 Å². The van der Waals surface area contributed by atoms with E-state index in [0.717, 1.165) is 23.1 Å². The summed E-state index contributed by atoms with van der Waals surface area (Å²) in [7, 11) is 0. The van der Waals surface area contributed by atoms with Crippen LogP contribution in [-0.2, 0) is 11.2 Å². The average Bonchev–Trinajstić information content (AvgIpc) is 2.64. The van der Waals surface area contributed by atoms with Gasteiger partial charge in [0.2, 0.25) is 0 Å². The van der Waals surface area contributed by atoms with Gasteiger partial charge in [0, 0.05) is 0 Å². The van der Waals surface area contributed by atoms with Gasteiger partial charge in [-0.25, -0.2) is 9.18 Å². The molecule has 0 aliphatic carbocycles. The second-order valence-corrected chi connectivity index (χ2v) is 8.51. The molecule has 5 heteroatoms. The van der Waals surface area contributed by atoms with Crippen molar-refractivity contribution >= 4 is 5.97 Å². The molecular formula is C24H31FO4. The number of aliphatic carboxylic acids is 1. The Morgan fingerprint density at radius 1 is 1.10 bits per heavy atom. The number of aliphatic hydroxyl groups excluding tert-OH is 1. The summed E-state index contributed by atoms with van der Waals surface area (Å²) in [5.74, 6) is -0.592. The number of rotatable bonds is 8. The molecular weight excluding hydrogens is 371 g/mol. The summed E-state index contributed by atoms with van der Waals surface area (Å²) in [5.41, 5.74) is 2.27. The minimum Gasteiger partial charge on any atom is -0.478 e. The smallest absolute Gasteiger partial charge is 0.347 e. The molecule has 3 atom stereocenters. The zero-order valence-corrected chi connectivity index (χ0v) is 18.0. The van der Waals surface area contributed by atoms with Gasteiger partial charge in [-0.1, -0.05) is 38.1 Å². The SMILES string of the molecule is Cc1cc(C[C@@H](C)[C@H](C)C(O)c2ccc(F)cc2)cc(C)c1OC(C)(C)C(=O)O. The number of carbonyl (C=O) groups is 1. The maximum atomic E-state index is 13.1. The van der Waals surface area contributed by atoms with E-state index in [2.05, 4.69) is 6.92 Å². The van der Waals surface area contributed by atoms with Gasteiger partial charge in [0.05, 0.1) is 6.10 Å². The van der Waals surface area contributed by atoms with Gasteiger partial charge < -0.3 is 14.9 Å². The number of hydrogen-bond donors (Lipinski definition) is 2. The van der Waals surface area contributed by atoms with Crippen LogP contribution in [0.25, 0.3) is 0 Å². The van der Waals surface area contributed by atoms with Crippen molar-refractivity contribution in [2.24, 2.45) is 11.8 Å². The highest BCUT2D eigenvalue weighted by Crippen LogP contribution is 2.33. The Morgan fingerprint density at radius 3 is 2.10 bits per heavy atom. The van der Waals surface area contributed by atoms with Gasteiger partial charge in [-0.05, 0) is 80.3 Å². The Balaban J connectivity index is 2.15. The van der Waals surface area contributed by atoms with E-state index in [9.17, 15) is 19.4 Å². The van der Waals surface area contributed by atoms with Crippen molar-refractivity contribution in [3.63, 3.8) is 0 Å². The van der Waals surface area contributed by atoms with Crippen molar-refractivity contribution in [1.29, 1.82) is 0 Å². The molecule has 2 aromatic carbocycles. The van der Waals surface area contributed by atoms with E-state index in [4.69, 9.17) is 4.74 Å². The third-order valence-corrected chi connectivity index (χ3v) is 5.56. The molecule has 0 aromatic heterocycles.